The molecule has 0 radical (unpaired) electrons. The predicted octanol–water partition coefficient (Wildman–Crippen LogP) is 1.16. The predicted molar refractivity (Wildman–Crippen MR) is 69.8 cm³/mol. The van der Waals surface area contributed by atoms with Gasteiger partial charge in [-0.3, -0.25) is 4.68 Å². The number of aromatic nitrogens is 2. The molecule has 0 saturated heterocycles. The molecule has 0 bridgehead atoms. The Kier molecular flexibility index (Phi) is 3.57. The van der Waals surface area contributed by atoms with Gasteiger partial charge in [-0.2, -0.15) is 5.10 Å². The monoisotopic (exact) mass is 283 g/mol. The minimum Gasteiger partial charge on any atom is -0.399 e. The van der Waals surface area contributed by atoms with Crippen LogP contribution in [0.4, 0.5) is 10.1 Å². The van der Waals surface area contributed by atoms with E-state index in [0.29, 0.717) is 0 Å². The van der Waals surface area contributed by atoms with Crippen molar-refractivity contribution < 1.29 is 12.8 Å². The SMILES string of the molecule is Cn1nccc1CCS(=O)(=O)c1ccc(N)cc1F. The fourth-order valence-corrected chi connectivity index (χ4v) is 3.09. The molecule has 5 nitrogen and oxygen atoms in total. The van der Waals surface area contributed by atoms with Crippen molar-refractivity contribution in [2.45, 2.75) is 11.3 Å². The average Bonchev–Trinajstić information content (AvgIpc) is 2.72. The standard InChI is InChI=1S/C12H14FN3O2S/c1-16-10(4-6-15-16)5-7-19(17,18)12-3-2-9(14)8-11(12)13/h2-4,6,8H,5,7,14H2,1H3. The Balaban J connectivity index is 2.21. The van der Waals surface area contributed by atoms with Crippen LogP contribution in [0.25, 0.3) is 0 Å². The Bertz CT molecular complexity index is 695. The summed E-state index contributed by atoms with van der Waals surface area (Å²) in [5.41, 5.74) is 6.37. The third kappa shape index (κ3) is 2.93. The molecule has 7 heteroatoms. The van der Waals surface area contributed by atoms with Crippen molar-refractivity contribution in [3.63, 3.8) is 0 Å². The highest BCUT2D eigenvalue weighted by molar-refractivity contribution is 7.91. The number of nitrogens with zero attached hydrogens (tertiary/aromatic N) is 2. The van der Waals surface area contributed by atoms with Crippen molar-refractivity contribution in [1.82, 2.24) is 9.78 Å². The number of benzene rings is 1. The molecule has 0 aliphatic heterocycles. The number of sulfone groups is 1. The number of hydrogen-bond acceptors (Lipinski definition) is 4. The highest BCUT2D eigenvalue weighted by atomic mass is 32.2. The molecule has 102 valence electrons. The molecule has 0 fully saturated rings. The van der Waals surface area contributed by atoms with Crippen molar-refractivity contribution in [1.29, 1.82) is 0 Å². The zero-order valence-electron chi connectivity index (χ0n) is 10.4. The molecule has 1 aromatic heterocycles. The highest BCUT2D eigenvalue weighted by Gasteiger charge is 2.19. The van der Waals surface area contributed by atoms with Crippen molar-refractivity contribution in [2.75, 3.05) is 11.5 Å². The summed E-state index contributed by atoms with van der Waals surface area (Å²) in [6.07, 6.45) is 1.87. The fourth-order valence-electron chi connectivity index (χ4n) is 1.76. The maximum atomic E-state index is 13.6. The molecule has 2 rings (SSSR count). The van der Waals surface area contributed by atoms with Gasteiger partial charge in [-0.15, -0.1) is 0 Å². The van der Waals surface area contributed by atoms with E-state index in [1.807, 2.05) is 0 Å². The lowest BCUT2D eigenvalue weighted by Gasteiger charge is -2.06. The van der Waals surface area contributed by atoms with Crippen LogP contribution in [-0.2, 0) is 23.3 Å². The number of rotatable bonds is 4. The van der Waals surface area contributed by atoms with Crippen LogP contribution in [0.5, 0.6) is 0 Å². The second-order valence-electron chi connectivity index (χ2n) is 4.20. The smallest absolute Gasteiger partial charge is 0.181 e. The molecule has 2 N–H and O–H groups in total. The fraction of sp³-hybridized carbons (Fsp3) is 0.250. The molecule has 0 saturated carbocycles. The molecular formula is C12H14FN3O2S. The van der Waals surface area contributed by atoms with Gasteiger partial charge in [0.25, 0.3) is 0 Å². The van der Waals surface area contributed by atoms with Gasteiger partial charge in [0.15, 0.2) is 9.84 Å². The normalized spacial score (nSPS) is 11.7. The topological polar surface area (TPSA) is 78.0 Å². The van der Waals surface area contributed by atoms with Crippen molar-refractivity contribution in [2.24, 2.45) is 7.05 Å². The largest absolute Gasteiger partial charge is 0.399 e. The number of nitrogens with two attached hydrogens (primary N) is 1. The highest BCUT2D eigenvalue weighted by Crippen LogP contribution is 2.19. The molecule has 0 aliphatic rings. The van der Waals surface area contributed by atoms with Gasteiger partial charge in [0, 0.05) is 31.0 Å². The number of hydrogen-bond donors (Lipinski definition) is 1. The maximum absolute atomic E-state index is 13.6. The number of nitrogen functional groups attached to an aromatic ring is 1. The first-order valence-electron chi connectivity index (χ1n) is 5.65. The van der Waals surface area contributed by atoms with E-state index >= 15 is 0 Å². The summed E-state index contributed by atoms with van der Waals surface area (Å²) < 4.78 is 39.3. The van der Waals surface area contributed by atoms with Gasteiger partial charge in [0.2, 0.25) is 0 Å². The van der Waals surface area contributed by atoms with E-state index in [1.54, 1.807) is 24.0 Å². The van der Waals surface area contributed by atoms with E-state index in [4.69, 9.17) is 5.73 Å². The molecule has 0 amide bonds. The lowest BCUT2D eigenvalue weighted by atomic mass is 10.3. The van der Waals surface area contributed by atoms with Gasteiger partial charge in [0.1, 0.15) is 10.7 Å². The Morgan fingerprint density at radius 2 is 2.11 bits per heavy atom. The Morgan fingerprint density at radius 1 is 1.37 bits per heavy atom. The summed E-state index contributed by atoms with van der Waals surface area (Å²) >= 11 is 0. The molecule has 1 heterocycles. The van der Waals surface area contributed by atoms with Crippen LogP contribution in [0.1, 0.15) is 5.69 Å². The summed E-state index contributed by atoms with van der Waals surface area (Å²) in [6, 6.07) is 5.31. The quantitative estimate of drug-likeness (QED) is 0.854. The van der Waals surface area contributed by atoms with Crippen LogP contribution in [0, 0.1) is 5.82 Å². The first-order valence-corrected chi connectivity index (χ1v) is 7.30. The first-order chi connectivity index (χ1) is 8.90. The molecular weight excluding hydrogens is 269 g/mol. The number of halogens is 1. The van der Waals surface area contributed by atoms with Crippen LogP contribution >= 0.6 is 0 Å². The van der Waals surface area contributed by atoms with E-state index in [2.05, 4.69) is 5.10 Å². The molecule has 0 spiro atoms. The number of aryl methyl sites for hydroxylation is 2. The number of anilines is 1. The molecule has 0 atom stereocenters. The van der Waals surface area contributed by atoms with Crippen LogP contribution < -0.4 is 5.73 Å². The second-order valence-corrected chi connectivity index (χ2v) is 6.28. The van der Waals surface area contributed by atoms with E-state index in [1.165, 1.54) is 12.1 Å². The summed E-state index contributed by atoms with van der Waals surface area (Å²) in [6.45, 7) is 0. The average molecular weight is 283 g/mol. The molecule has 1 aromatic carbocycles. The Morgan fingerprint density at radius 3 is 2.68 bits per heavy atom. The van der Waals surface area contributed by atoms with Crippen molar-refractivity contribution in [3.05, 3.63) is 42.0 Å². The molecule has 0 unspecified atom stereocenters. The maximum Gasteiger partial charge on any atom is 0.181 e. The summed E-state index contributed by atoms with van der Waals surface area (Å²) in [5, 5.41) is 3.95. The van der Waals surface area contributed by atoms with Gasteiger partial charge in [0.05, 0.1) is 5.75 Å². The van der Waals surface area contributed by atoms with Crippen LogP contribution in [0.15, 0.2) is 35.4 Å². The van der Waals surface area contributed by atoms with Gasteiger partial charge < -0.3 is 5.73 Å². The summed E-state index contributed by atoms with van der Waals surface area (Å²) in [5.74, 6) is -0.988. The minimum atomic E-state index is -3.67. The molecule has 0 aliphatic carbocycles. The van der Waals surface area contributed by atoms with Crippen LogP contribution in [-0.4, -0.2) is 24.0 Å². The van der Waals surface area contributed by atoms with Gasteiger partial charge >= 0.3 is 0 Å². The third-order valence-electron chi connectivity index (χ3n) is 2.84. The van der Waals surface area contributed by atoms with Crippen molar-refractivity contribution >= 4 is 15.5 Å². The van der Waals surface area contributed by atoms with Crippen molar-refractivity contribution in [3.8, 4) is 0 Å². The summed E-state index contributed by atoms with van der Waals surface area (Å²) in [7, 11) is -1.94. The Labute approximate surface area is 110 Å². The first kappa shape index (κ1) is 13.5. The van der Waals surface area contributed by atoms with E-state index in [0.717, 1.165) is 11.8 Å². The molecule has 2 aromatic rings. The lowest BCUT2D eigenvalue weighted by Crippen LogP contribution is -2.13. The van der Waals surface area contributed by atoms with Crippen LogP contribution in [0.2, 0.25) is 0 Å². The van der Waals surface area contributed by atoms with Gasteiger partial charge in [-0.1, -0.05) is 0 Å². The molecule has 19 heavy (non-hydrogen) atoms. The van der Waals surface area contributed by atoms with E-state index in [9.17, 15) is 12.8 Å². The second kappa shape index (κ2) is 5.00. The zero-order valence-corrected chi connectivity index (χ0v) is 11.2. The van der Waals surface area contributed by atoms with Gasteiger partial charge in [-0.25, -0.2) is 12.8 Å². The minimum absolute atomic E-state index is 0.173. The summed E-state index contributed by atoms with van der Waals surface area (Å²) in [4.78, 5) is -0.316. The lowest BCUT2D eigenvalue weighted by molar-refractivity contribution is 0.566. The van der Waals surface area contributed by atoms with Crippen LogP contribution in [0.3, 0.4) is 0 Å². The van der Waals surface area contributed by atoms with E-state index < -0.39 is 15.7 Å². The zero-order chi connectivity index (χ0) is 14.0. The van der Waals surface area contributed by atoms with E-state index in [-0.39, 0.29) is 22.8 Å². The Hall–Kier alpha value is -1.89. The third-order valence-corrected chi connectivity index (χ3v) is 4.58. The van der Waals surface area contributed by atoms with Gasteiger partial charge in [-0.05, 0) is 24.3 Å².